The van der Waals surface area contributed by atoms with Gasteiger partial charge in [0.25, 0.3) is 5.91 Å². The third-order valence-corrected chi connectivity index (χ3v) is 3.34. The smallest absolute Gasteiger partial charge is 0.251 e. The number of nitrogens with two attached hydrogens (primary N) is 1. The number of rotatable bonds is 5. The molecule has 23 heavy (non-hydrogen) atoms. The minimum absolute atomic E-state index is 0. The first-order valence-corrected chi connectivity index (χ1v) is 7.36. The van der Waals surface area contributed by atoms with Gasteiger partial charge >= 0.3 is 0 Å². The number of aliphatic imine (C=N–C) groups is 1. The highest BCUT2D eigenvalue weighted by molar-refractivity contribution is 14.0. The molecule has 1 heterocycles. The van der Waals surface area contributed by atoms with E-state index in [4.69, 9.17) is 10.5 Å². The van der Waals surface area contributed by atoms with E-state index in [9.17, 15) is 9.90 Å². The number of phenols is 1. The number of aromatic hydroxyl groups is 1. The number of benzene rings is 1. The predicted octanol–water partition coefficient (Wildman–Crippen LogP) is 0.777. The van der Waals surface area contributed by atoms with E-state index in [0.717, 1.165) is 13.1 Å². The molecule has 1 aromatic rings. The van der Waals surface area contributed by atoms with E-state index in [1.807, 2.05) is 4.90 Å². The summed E-state index contributed by atoms with van der Waals surface area (Å²) in [7, 11) is 0. The molecular formula is C15H23IN4O3. The van der Waals surface area contributed by atoms with E-state index in [2.05, 4.69) is 10.3 Å². The van der Waals surface area contributed by atoms with Crippen LogP contribution < -0.4 is 11.1 Å². The van der Waals surface area contributed by atoms with Crippen LogP contribution in [-0.4, -0.2) is 61.3 Å². The molecule has 0 bridgehead atoms. The fourth-order valence-corrected chi connectivity index (χ4v) is 2.12. The molecule has 0 spiro atoms. The molecule has 128 valence electrons. The third-order valence-electron chi connectivity index (χ3n) is 3.34. The Morgan fingerprint density at radius 2 is 2.13 bits per heavy atom. The maximum absolute atomic E-state index is 11.8. The molecule has 0 aromatic heterocycles. The Morgan fingerprint density at radius 1 is 1.39 bits per heavy atom. The Morgan fingerprint density at radius 3 is 2.83 bits per heavy atom. The predicted molar refractivity (Wildman–Crippen MR) is 99.4 cm³/mol. The monoisotopic (exact) mass is 434 g/mol. The van der Waals surface area contributed by atoms with Crippen molar-refractivity contribution < 1.29 is 14.6 Å². The van der Waals surface area contributed by atoms with Crippen LogP contribution in [0.3, 0.4) is 0 Å². The number of nitrogens with zero attached hydrogens (tertiary/aromatic N) is 2. The second kappa shape index (κ2) is 10.3. The highest BCUT2D eigenvalue weighted by Gasteiger charge is 2.11. The van der Waals surface area contributed by atoms with E-state index < -0.39 is 0 Å². The largest absolute Gasteiger partial charge is 0.508 e. The highest BCUT2D eigenvalue weighted by Crippen LogP contribution is 2.10. The molecule has 8 heteroatoms. The van der Waals surface area contributed by atoms with E-state index in [-0.39, 0.29) is 35.6 Å². The zero-order valence-electron chi connectivity index (χ0n) is 12.9. The number of phenolic OH excluding ortho intramolecular Hbond substituents is 1. The van der Waals surface area contributed by atoms with Crippen LogP contribution in [0.15, 0.2) is 29.3 Å². The van der Waals surface area contributed by atoms with E-state index in [1.54, 1.807) is 12.1 Å². The Kier molecular flexibility index (Phi) is 8.70. The lowest BCUT2D eigenvalue weighted by Gasteiger charge is -2.27. The normalized spacial score (nSPS) is 15.0. The van der Waals surface area contributed by atoms with Gasteiger partial charge < -0.3 is 25.8 Å². The van der Waals surface area contributed by atoms with Gasteiger partial charge in [-0.15, -0.1) is 24.0 Å². The fraction of sp³-hybridized carbons (Fsp3) is 0.467. The minimum atomic E-state index is -0.207. The Bertz CT molecular complexity index is 533. The number of carbonyl (C=O) groups is 1. The van der Waals surface area contributed by atoms with Gasteiger partial charge in [-0.25, -0.2) is 0 Å². The van der Waals surface area contributed by atoms with Gasteiger partial charge in [0.05, 0.1) is 13.2 Å². The Labute approximate surface area is 152 Å². The average molecular weight is 434 g/mol. The zero-order chi connectivity index (χ0) is 15.8. The number of guanidine groups is 1. The SMILES string of the molecule is I.NC(=NCCCNC(=O)c1cccc(O)c1)N1CCOCC1. The molecule has 1 saturated heterocycles. The molecule has 0 atom stereocenters. The standard InChI is InChI=1S/C15H22N4O3.HI/c16-15(19-7-9-22-10-8-19)18-6-2-5-17-14(21)12-3-1-4-13(20)11-12;/h1,3-4,11,20H,2,5-10H2,(H2,16,18)(H,17,21);1H. The lowest BCUT2D eigenvalue weighted by Crippen LogP contribution is -2.44. The third kappa shape index (κ3) is 6.61. The molecular weight excluding hydrogens is 411 g/mol. The second-order valence-electron chi connectivity index (χ2n) is 5.00. The van der Waals surface area contributed by atoms with Crippen molar-refractivity contribution in [2.75, 3.05) is 39.4 Å². The van der Waals surface area contributed by atoms with Gasteiger partial charge in [-0.2, -0.15) is 0 Å². The first-order valence-electron chi connectivity index (χ1n) is 7.36. The molecule has 7 nitrogen and oxygen atoms in total. The molecule has 4 N–H and O–H groups in total. The summed E-state index contributed by atoms with van der Waals surface area (Å²) in [5.41, 5.74) is 6.34. The molecule has 0 unspecified atom stereocenters. The van der Waals surface area contributed by atoms with Crippen LogP contribution in [0.4, 0.5) is 0 Å². The van der Waals surface area contributed by atoms with Crippen LogP contribution in [0, 0.1) is 0 Å². The van der Waals surface area contributed by atoms with Crippen molar-refractivity contribution in [3.8, 4) is 5.75 Å². The van der Waals surface area contributed by atoms with Gasteiger partial charge in [0, 0.05) is 31.7 Å². The summed E-state index contributed by atoms with van der Waals surface area (Å²) in [5, 5.41) is 12.1. The lowest BCUT2D eigenvalue weighted by atomic mass is 10.2. The quantitative estimate of drug-likeness (QED) is 0.275. The minimum Gasteiger partial charge on any atom is -0.508 e. The summed E-state index contributed by atoms with van der Waals surface area (Å²) in [4.78, 5) is 18.1. The van der Waals surface area contributed by atoms with Gasteiger partial charge in [0.2, 0.25) is 0 Å². The van der Waals surface area contributed by atoms with Crippen molar-refractivity contribution in [1.82, 2.24) is 10.2 Å². The van der Waals surface area contributed by atoms with Crippen molar-refractivity contribution >= 4 is 35.8 Å². The Hall–Kier alpha value is -1.55. The molecule has 1 amide bonds. The van der Waals surface area contributed by atoms with Crippen LogP contribution in [0.1, 0.15) is 16.8 Å². The van der Waals surface area contributed by atoms with Crippen LogP contribution >= 0.6 is 24.0 Å². The first kappa shape index (κ1) is 19.5. The van der Waals surface area contributed by atoms with E-state index in [1.165, 1.54) is 12.1 Å². The van der Waals surface area contributed by atoms with Crippen molar-refractivity contribution in [2.24, 2.45) is 10.7 Å². The summed E-state index contributed by atoms with van der Waals surface area (Å²) >= 11 is 0. The van der Waals surface area contributed by atoms with E-state index in [0.29, 0.717) is 44.2 Å². The molecule has 0 radical (unpaired) electrons. The Balaban J connectivity index is 0.00000264. The number of nitrogens with one attached hydrogen (secondary N) is 1. The molecule has 0 saturated carbocycles. The number of carbonyl (C=O) groups excluding carboxylic acids is 1. The van der Waals surface area contributed by atoms with Crippen molar-refractivity contribution in [3.05, 3.63) is 29.8 Å². The maximum atomic E-state index is 11.8. The fourth-order valence-electron chi connectivity index (χ4n) is 2.12. The number of halogens is 1. The van der Waals surface area contributed by atoms with E-state index >= 15 is 0 Å². The number of ether oxygens (including phenoxy) is 1. The molecule has 2 rings (SSSR count). The lowest BCUT2D eigenvalue weighted by molar-refractivity contribution is 0.0674. The van der Waals surface area contributed by atoms with Gasteiger partial charge in [-0.3, -0.25) is 9.79 Å². The molecule has 0 aliphatic carbocycles. The number of amides is 1. The number of morpholine rings is 1. The summed E-state index contributed by atoms with van der Waals surface area (Å²) in [6, 6.07) is 6.25. The van der Waals surface area contributed by atoms with Gasteiger partial charge in [0.15, 0.2) is 5.96 Å². The summed E-state index contributed by atoms with van der Waals surface area (Å²) < 4.78 is 5.25. The number of hydrogen-bond acceptors (Lipinski definition) is 4. The number of hydrogen-bond donors (Lipinski definition) is 3. The molecule has 1 aromatic carbocycles. The van der Waals surface area contributed by atoms with Crippen LogP contribution in [0.25, 0.3) is 0 Å². The van der Waals surface area contributed by atoms with Crippen molar-refractivity contribution in [3.63, 3.8) is 0 Å². The zero-order valence-corrected chi connectivity index (χ0v) is 15.2. The highest BCUT2D eigenvalue weighted by atomic mass is 127. The summed E-state index contributed by atoms with van der Waals surface area (Å²) in [5.74, 6) is 0.402. The maximum Gasteiger partial charge on any atom is 0.251 e. The summed E-state index contributed by atoms with van der Waals surface area (Å²) in [6.07, 6.45) is 0.704. The molecule has 1 fully saturated rings. The van der Waals surface area contributed by atoms with Crippen LogP contribution in [-0.2, 0) is 4.74 Å². The van der Waals surface area contributed by atoms with Crippen LogP contribution in [0.2, 0.25) is 0 Å². The van der Waals surface area contributed by atoms with Crippen molar-refractivity contribution in [2.45, 2.75) is 6.42 Å². The average Bonchev–Trinajstić information content (AvgIpc) is 2.55. The second-order valence-corrected chi connectivity index (χ2v) is 5.00. The van der Waals surface area contributed by atoms with Gasteiger partial charge in [0.1, 0.15) is 5.75 Å². The molecule has 1 aliphatic heterocycles. The van der Waals surface area contributed by atoms with Gasteiger partial charge in [-0.05, 0) is 24.6 Å². The van der Waals surface area contributed by atoms with Crippen molar-refractivity contribution in [1.29, 1.82) is 0 Å². The van der Waals surface area contributed by atoms with Crippen LogP contribution in [0.5, 0.6) is 5.75 Å². The first-order chi connectivity index (χ1) is 10.7. The molecule has 1 aliphatic rings. The topological polar surface area (TPSA) is 100 Å². The van der Waals surface area contributed by atoms with Gasteiger partial charge in [-0.1, -0.05) is 6.07 Å². The summed E-state index contributed by atoms with van der Waals surface area (Å²) in [6.45, 7) is 3.96.